The van der Waals surface area contributed by atoms with Gasteiger partial charge in [0, 0.05) is 0 Å². The van der Waals surface area contributed by atoms with Gasteiger partial charge >= 0.3 is 0 Å². The molecule has 36 heavy (non-hydrogen) atoms. The molecule has 0 aromatic heterocycles. The minimum absolute atomic E-state index is 0.229. The van der Waals surface area contributed by atoms with Gasteiger partial charge in [0.2, 0.25) is 0 Å². The highest BCUT2D eigenvalue weighted by molar-refractivity contribution is 5.26. The SMILES string of the molecule is CC(C)(O)CCC[C@@H](CC[C@@H](O)C(C)(C)O)[C@H]1CC[C@H]2C(=CC=C3C[C@@H](O)C[C@H](O)C3)CCC[C@]12C. The Kier molecular flexibility index (Phi) is 9.93. The summed E-state index contributed by atoms with van der Waals surface area (Å²) in [4.78, 5) is 0. The number of aliphatic hydroxyl groups excluding tert-OH is 3. The topological polar surface area (TPSA) is 101 Å². The minimum atomic E-state index is -1.09. The van der Waals surface area contributed by atoms with Crippen LogP contribution in [0.2, 0.25) is 0 Å². The zero-order valence-corrected chi connectivity index (χ0v) is 23.5. The first-order valence-corrected chi connectivity index (χ1v) is 14.6. The van der Waals surface area contributed by atoms with Gasteiger partial charge in [-0.25, -0.2) is 0 Å². The van der Waals surface area contributed by atoms with Crippen LogP contribution in [0.3, 0.4) is 0 Å². The summed E-state index contributed by atoms with van der Waals surface area (Å²) in [7, 11) is 0. The van der Waals surface area contributed by atoms with Crippen molar-refractivity contribution in [1.29, 1.82) is 0 Å². The van der Waals surface area contributed by atoms with Gasteiger partial charge in [-0.05, 0) is 121 Å². The molecule has 0 bridgehead atoms. The van der Waals surface area contributed by atoms with Crippen molar-refractivity contribution < 1.29 is 25.5 Å². The summed E-state index contributed by atoms with van der Waals surface area (Å²) in [5.74, 6) is 1.61. The first-order chi connectivity index (χ1) is 16.7. The van der Waals surface area contributed by atoms with Gasteiger partial charge in [-0.3, -0.25) is 0 Å². The molecule has 0 aliphatic heterocycles. The van der Waals surface area contributed by atoms with E-state index in [-0.39, 0.29) is 5.41 Å². The zero-order valence-electron chi connectivity index (χ0n) is 23.5. The molecule has 0 radical (unpaired) electrons. The van der Waals surface area contributed by atoms with Crippen molar-refractivity contribution in [3.63, 3.8) is 0 Å². The normalized spacial score (nSPS) is 34.5. The van der Waals surface area contributed by atoms with Crippen molar-refractivity contribution >= 4 is 0 Å². The molecule has 5 heteroatoms. The lowest BCUT2D eigenvalue weighted by Crippen LogP contribution is -2.39. The maximum Gasteiger partial charge on any atom is 0.0849 e. The Balaban J connectivity index is 1.76. The maximum absolute atomic E-state index is 10.6. The second-order valence-corrected chi connectivity index (χ2v) is 13.8. The molecule has 3 rings (SSSR count). The summed E-state index contributed by atoms with van der Waals surface area (Å²) < 4.78 is 0. The molecule has 0 unspecified atom stereocenters. The minimum Gasteiger partial charge on any atom is -0.393 e. The standard InChI is InChI=1S/C31H54O5/c1-29(2,35)16-6-8-23(12-15-28(34)30(3,4)36)27-14-13-26-22(9-7-17-31(26,27)5)11-10-21-18-24(32)20-25(33)19-21/h10-11,23-28,32-36H,6-9,12-20H2,1-5H3/t23-,24+,25+,26-,27+,28+,31-/m0/s1. The summed E-state index contributed by atoms with van der Waals surface area (Å²) >= 11 is 0. The lowest BCUT2D eigenvalue weighted by Gasteiger charge is -2.45. The summed E-state index contributed by atoms with van der Waals surface area (Å²) in [5, 5.41) is 51.3. The molecule has 3 fully saturated rings. The van der Waals surface area contributed by atoms with Crippen molar-refractivity contribution in [3.8, 4) is 0 Å². The fourth-order valence-electron chi connectivity index (χ4n) is 7.65. The van der Waals surface area contributed by atoms with Gasteiger partial charge < -0.3 is 25.5 Å². The molecule has 0 spiro atoms. The van der Waals surface area contributed by atoms with E-state index in [0.29, 0.717) is 43.4 Å². The molecule has 5 nitrogen and oxygen atoms in total. The van der Waals surface area contributed by atoms with Crippen LogP contribution in [0.1, 0.15) is 118 Å². The van der Waals surface area contributed by atoms with E-state index >= 15 is 0 Å². The molecule has 208 valence electrons. The van der Waals surface area contributed by atoms with Crippen LogP contribution in [0, 0.1) is 23.2 Å². The van der Waals surface area contributed by atoms with Crippen LogP contribution in [0.15, 0.2) is 23.3 Å². The number of hydrogen-bond donors (Lipinski definition) is 5. The van der Waals surface area contributed by atoms with E-state index in [1.54, 1.807) is 13.8 Å². The highest BCUT2D eigenvalue weighted by Gasteiger charge is 2.51. The van der Waals surface area contributed by atoms with Crippen LogP contribution in [0.4, 0.5) is 0 Å². The van der Waals surface area contributed by atoms with Crippen LogP contribution in [-0.2, 0) is 0 Å². The largest absolute Gasteiger partial charge is 0.393 e. The van der Waals surface area contributed by atoms with Gasteiger partial charge in [0.1, 0.15) is 0 Å². The highest BCUT2D eigenvalue weighted by atomic mass is 16.3. The molecule has 3 saturated carbocycles. The zero-order chi connectivity index (χ0) is 26.7. The van der Waals surface area contributed by atoms with E-state index < -0.39 is 29.5 Å². The molecule has 0 amide bonds. The van der Waals surface area contributed by atoms with E-state index in [9.17, 15) is 25.5 Å². The Morgan fingerprint density at radius 2 is 1.64 bits per heavy atom. The van der Waals surface area contributed by atoms with Gasteiger partial charge in [-0.1, -0.05) is 43.1 Å². The van der Waals surface area contributed by atoms with E-state index in [1.807, 2.05) is 13.8 Å². The lowest BCUT2D eigenvalue weighted by molar-refractivity contribution is -0.0563. The van der Waals surface area contributed by atoms with Crippen LogP contribution in [-0.4, -0.2) is 55.0 Å². The van der Waals surface area contributed by atoms with Crippen molar-refractivity contribution in [2.75, 3.05) is 0 Å². The Hall–Kier alpha value is -0.720. The van der Waals surface area contributed by atoms with E-state index in [1.165, 1.54) is 31.3 Å². The Morgan fingerprint density at radius 3 is 2.25 bits per heavy atom. The third-order valence-electron chi connectivity index (χ3n) is 9.67. The van der Waals surface area contributed by atoms with Crippen molar-refractivity contribution in [2.24, 2.45) is 23.2 Å². The third kappa shape index (κ3) is 7.89. The van der Waals surface area contributed by atoms with Crippen molar-refractivity contribution in [3.05, 3.63) is 23.3 Å². The van der Waals surface area contributed by atoms with Crippen molar-refractivity contribution in [2.45, 2.75) is 148 Å². The number of hydrogen-bond acceptors (Lipinski definition) is 5. The number of aliphatic hydroxyl groups is 5. The molecule has 0 aromatic carbocycles. The predicted molar refractivity (Wildman–Crippen MR) is 145 cm³/mol. The van der Waals surface area contributed by atoms with E-state index in [0.717, 1.165) is 37.7 Å². The van der Waals surface area contributed by atoms with Crippen LogP contribution >= 0.6 is 0 Å². The Bertz CT molecular complexity index is 761. The molecular weight excluding hydrogens is 452 g/mol. The van der Waals surface area contributed by atoms with Gasteiger partial charge in [0.25, 0.3) is 0 Å². The second kappa shape index (κ2) is 12.0. The summed E-state index contributed by atoms with van der Waals surface area (Å²) in [6.45, 7) is 9.61. The number of allylic oxidation sites excluding steroid dienone is 3. The van der Waals surface area contributed by atoms with E-state index in [2.05, 4.69) is 19.1 Å². The molecule has 7 atom stereocenters. The molecule has 3 aliphatic carbocycles. The average molecular weight is 507 g/mol. The van der Waals surface area contributed by atoms with Crippen LogP contribution < -0.4 is 0 Å². The molecule has 3 aliphatic rings. The molecule has 0 heterocycles. The Morgan fingerprint density at radius 1 is 0.972 bits per heavy atom. The molecule has 0 saturated heterocycles. The summed E-state index contributed by atoms with van der Waals surface area (Å²) in [6.07, 6.45) is 14.9. The Labute approximate surface area is 219 Å². The summed E-state index contributed by atoms with van der Waals surface area (Å²) in [5.41, 5.74) is 1.16. The number of fused-ring (bicyclic) bond motifs is 1. The highest BCUT2D eigenvalue weighted by Crippen LogP contribution is 2.60. The maximum atomic E-state index is 10.6. The van der Waals surface area contributed by atoms with E-state index in [4.69, 9.17) is 0 Å². The lowest BCUT2D eigenvalue weighted by atomic mass is 9.60. The first-order valence-electron chi connectivity index (χ1n) is 14.6. The van der Waals surface area contributed by atoms with Crippen molar-refractivity contribution in [1.82, 2.24) is 0 Å². The second-order valence-electron chi connectivity index (χ2n) is 13.8. The fourth-order valence-corrected chi connectivity index (χ4v) is 7.65. The monoisotopic (exact) mass is 506 g/mol. The first kappa shape index (κ1) is 29.8. The van der Waals surface area contributed by atoms with Gasteiger partial charge in [-0.15, -0.1) is 0 Å². The van der Waals surface area contributed by atoms with Gasteiger partial charge in [-0.2, -0.15) is 0 Å². The molecule has 0 aromatic rings. The van der Waals surface area contributed by atoms with Gasteiger partial charge in [0.05, 0.1) is 29.5 Å². The van der Waals surface area contributed by atoms with Gasteiger partial charge in [0.15, 0.2) is 0 Å². The summed E-state index contributed by atoms with van der Waals surface area (Å²) in [6, 6.07) is 0. The quantitative estimate of drug-likeness (QED) is 0.272. The third-order valence-corrected chi connectivity index (χ3v) is 9.67. The number of rotatable bonds is 10. The molecule has 5 N–H and O–H groups in total. The molecular formula is C31H54O5. The van der Waals surface area contributed by atoms with Crippen LogP contribution in [0.25, 0.3) is 0 Å². The average Bonchev–Trinajstić information content (AvgIpc) is 3.09. The fraction of sp³-hybridized carbons (Fsp3) is 0.871. The van der Waals surface area contributed by atoms with Crippen LogP contribution in [0.5, 0.6) is 0 Å². The smallest absolute Gasteiger partial charge is 0.0849 e. The predicted octanol–water partition coefficient (Wildman–Crippen LogP) is 5.43.